The van der Waals surface area contributed by atoms with Crippen molar-refractivity contribution in [1.82, 2.24) is 19.2 Å². The van der Waals surface area contributed by atoms with Crippen molar-refractivity contribution in [3.8, 4) is 0 Å². The molecule has 3 aromatic rings. The summed E-state index contributed by atoms with van der Waals surface area (Å²) in [4.78, 5) is 4.15. The predicted molar refractivity (Wildman–Crippen MR) is 122 cm³/mol. The molecule has 0 bridgehead atoms. The third-order valence-corrected chi connectivity index (χ3v) is 7.79. The van der Waals surface area contributed by atoms with Crippen LogP contribution in [0.4, 0.5) is 0 Å². The van der Waals surface area contributed by atoms with E-state index in [4.69, 9.17) is 0 Å². The van der Waals surface area contributed by atoms with Crippen LogP contribution in [0.25, 0.3) is 0 Å². The van der Waals surface area contributed by atoms with Gasteiger partial charge in [-0.15, -0.1) is 0 Å². The molecule has 0 saturated carbocycles. The second-order valence-corrected chi connectivity index (χ2v) is 9.94. The first-order valence-electron chi connectivity index (χ1n) is 10.8. The van der Waals surface area contributed by atoms with E-state index in [1.165, 1.54) is 17.5 Å². The van der Waals surface area contributed by atoms with Gasteiger partial charge in [-0.3, -0.25) is 0 Å². The molecule has 6 nitrogen and oxygen atoms in total. The molecule has 2 aromatic carbocycles. The van der Waals surface area contributed by atoms with Gasteiger partial charge >= 0.3 is 0 Å². The third kappa shape index (κ3) is 4.74. The van der Waals surface area contributed by atoms with Crippen molar-refractivity contribution in [2.45, 2.75) is 43.8 Å². The Morgan fingerprint density at radius 1 is 1.16 bits per heavy atom. The van der Waals surface area contributed by atoms with Gasteiger partial charge in [-0.1, -0.05) is 55.5 Å². The Balaban J connectivity index is 1.77. The zero-order chi connectivity index (χ0) is 21.8. The number of rotatable bonds is 7. The third-order valence-electron chi connectivity index (χ3n) is 5.92. The predicted octanol–water partition coefficient (Wildman–Crippen LogP) is 3.45. The number of hydrogen-bond donors (Lipinski definition) is 1. The summed E-state index contributed by atoms with van der Waals surface area (Å²) in [5.74, 6) is 0. The van der Waals surface area contributed by atoms with Crippen LogP contribution in [0.1, 0.15) is 41.6 Å². The van der Waals surface area contributed by atoms with Gasteiger partial charge in [0.2, 0.25) is 0 Å². The molecular weight excluding hydrogens is 408 g/mol. The largest absolute Gasteiger partial charge is 0.339 e. The summed E-state index contributed by atoms with van der Waals surface area (Å²) >= 11 is 0. The molecule has 1 N–H and O–H groups in total. The first kappa shape index (κ1) is 21.7. The zero-order valence-corrected chi connectivity index (χ0v) is 19.0. The molecule has 0 aliphatic carbocycles. The summed E-state index contributed by atoms with van der Waals surface area (Å²) in [5, 5.41) is 3.57. The summed E-state index contributed by atoms with van der Waals surface area (Å²) in [6.07, 6.45) is 5.87. The Kier molecular flexibility index (Phi) is 6.55. The van der Waals surface area contributed by atoms with Crippen molar-refractivity contribution >= 4 is 10.0 Å². The molecule has 0 fully saturated rings. The van der Waals surface area contributed by atoms with Crippen molar-refractivity contribution in [3.05, 3.63) is 83.3 Å². The van der Waals surface area contributed by atoms with E-state index in [1.54, 1.807) is 22.1 Å². The molecule has 0 spiro atoms. The number of benzene rings is 2. The van der Waals surface area contributed by atoms with Gasteiger partial charge in [0, 0.05) is 26.3 Å². The lowest BCUT2D eigenvalue weighted by molar-refractivity contribution is 0.333. The molecule has 1 aromatic heterocycles. The van der Waals surface area contributed by atoms with E-state index in [9.17, 15) is 8.42 Å². The van der Waals surface area contributed by atoms with Crippen molar-refractivity contribution < 1.29 is 8.42 Å². The first-order valence-corrected chi connectivity index (χ1v) is 12.3. The average molecular weight is 439 g/mol. The maximum absolute atomic E-state index is 13.6. The fourth-order valence-electron chi connectivity index (χ4n) is 4.31. The van der Waals surface area contributed by atoms with Gasteiger partial charge in [-0.2, -0.15) is 4.31 Å². The Morgan fingerprint density at radius 3 is 2.68 bits per heavy atom. The van der Waals surface area contributed by atoms with Crippen molar-refractivity contribution in [2.24, 2.45) is 7.05 Å². The number of imidazole rings is 1. The molecule has 31 heavy (non-hydrogen) atoms. The Bertz CT molecular complexity index is 1130. The average Bonchev–Trinajstić information content (AvgIpc) is 3.08. The molecule has 2 heterocycles. The molecule has 1 aliphatic heterocycles. The molecule has 0 saturated heterocycles. The molecule has 1 atom stereocenters. The van der Waals surface area contributed by atoms with Crippen LogP contribution in [0.15, 0.2) is 66.1 Å². The summed E-state index contributed by atoms with van der Waals surface area (Å²) in [7, 11) is -1.96. The van der Waals surface area contributed by atoms with Gasteiger partial charge in [0.15, 0.2) is 5.03 Å². The fourth-order valence-corrected chi connectivity index (χ4v) is 5.90. The fraction of sp³-hybridized carbons (Fsp3) is 0.375. The first-order chi connectivity index (χ1) is 15.0. The van der Waals surface area contributed by atoms with Crippen LogP contribution in [-0.4, -0.2) is 35.4 Å². The Morgan fingerprint density at radius 2 is 1.97 bits per heavy atom. The zero-order valence-electron chi connectivity index (χ0n) is 18.2. The van der Waals surface area contributed by atoms with Crippen LogP contribution in [0.3, 0.4) is 0 Å². The molecule has 4 rings (SSSR count). The van der Waals surface area contributed by atoms with Gasteiger partial charge in [-0.05, 0) is 48.1 Å². The normalized spacial score (nSPS) is 15.5. The van der Waals surface area contributed by atoms with Crippen LogP contribution >= 0.6 is 0 Å². The molecule has 1 unspecified atom stereocenters. The van der Waals surface area contributed by atoms with Crippen molar-refractivity contribution in [1.29, 1.82) is 0 Å². The van der Waals surface area contributed by atoms with E-state index >= 15 is 0 Å². The summed E-state index contributed by atoms with van der Waals surface area (Å²) in [6.45, 7) is 4.09. The smallest absolute Gasteiger partial charge is 0.262 e. The highest BCUT2D eigenvalue weighted by molar-refractivity contribution is 7.89. The summed E-state index contributed by atoms with van der Waals surface area (Å²) < 4.78 is 30.4. The van der Waals surface area contributed by atoms with Gasteiger partial charge < -0.3 is 9.88 Å². The highest BCUT2D eigenvalue weighted by Gasteiger charge is 2.33. The van der Waals surface area contributed by atoms with Crippen LogP contribution in [0, 0.1) is 0 Å². The number of likely N-dealkylation sites (N-methyl/N-ethyl adjacent to an activating group) is 1. The number of aryl methyl sites for hydroxylation is 2. The van der Waals surface area contributed by atoms with Crippen molar-refractivity contribution in [3.63, 3.8) is 0 Å². The molecule has 0 radical (unpaired) electrons. The quantitative estimate of drug-likeness (QED) is 0.614. The number of sulfonamides is 1. The number of nitrogens with zero attached hydrogens (tertiary/aromatic N) is 3. The molecule has 7 heteroatoms. The lowest BCUT2D eigenvalue weighted by atomic mass is 9.94. The summed E-state index contributed by atoms with van der Waals surface area (Å²) in [6, 6.07) is 16.2. The van der Waals surface area contributed by atoms with Gasteiger partial charge in [0.05, 0.1) is 12.4 Å². The maximum atomic E-state index is 13.6. The van der Waals surface area contributed by atoms with Crippen LogP contribution in [-0.2, 0) is 36.5 Å². The molecular formula is C24H30N4O2S. The van der Waals surface area contributed by atoms with Gasteiger partial charge in [-0.25, -0.2) is 13.4 Å². The Labute approximate surface area is 185 Å². The van der Waals surface area contributed by atoms with E-state index in [0.29, 0.717) is 13.0 Å². The monoisotopic (exact) mass is 438 g/mol. The number of hydrogen-bond acceptors (Lipinski definition) is 4. The minimum absolute atomic E-state index is 0.0892. The van der Waals surface area contributed by atoms with Crippen LogP contribution in [0.5, 0.6) is 0 Å². The van der Waals surface area contributed by atoms with Crippen LogP contribution < -0.4 is 5.32 Å². The van der Waals surface area contributed by atoms with E-state index < -0.39 is 10.0 Å². The van der Waals surface area contributed by atoms with E-state index in [-0.39, 0.29) is 11.1 Å². The second-order valence-electron chi connectivity index (χ2n) is 8.10. The molecule has 164 valence electrons. The van der Waals surface area contributed by atoms with Gasteiger partial charge in [0.1, 0.15) is 0 Å². The van der Waals surface area contributed by atoms with Crippen LogP contribution in [0.2, 0.25) is 0 Å². The molecule has 0 amide bonds. The van der Waals surface area contributed by atoms with Crippen molar-refractivity contribution in [2.75, 3.05) is 13.1 Å². The number of nitrogens with one attached hydrogen (secondary N) is 1. The Hall–Kier alpha value is -2.48. The highest BCUT2D eigenvalue weighted by atomic mass is 32.2. The highest BCUT2D eigenvalue weighted by Crippen LogP contribution is 2.32. The second kappa shape index (κ2) is 9.34. The summed E-state index contributed by atoms with van der Waals surface area (Å²) in [5.41, 5.74) is 4.74. The molecule has 1 aliphatic rings. The van der Waals surface area contributed by atoms with E-state index in [1.807, 2.05) is 25.1 Å². The lowest BCUT2D eigenvalue weighted by Gasteiger charge is -2.30. The minimum atomic E-state index is -3.74. The van der Waals surface area contributed by atoms with E-state index in [0.717, 1.165) is 37.1 Å². The minimum Gasteiger partial charge on any atom is -0.339 e. The van der Waals surface area contributed by atoms with Gasteiger partial charge in [0.25, 0.3) is 10.0 Å². The maximum Gasteiger partial charge on any atom is 0.262 e. The van der Waals surface area contributed by atoms with E-state index in [2.05, 4.69) is 40.6 Å². The standard InChI is InChI=1S/C24H30N4O2S/c1-3-28(31(29,30)24-17-27(2)18-26-24)23(14-19-8-5-4-6-9-19)21-12-11-20-10-7-13-25-16-22(20)15-21/h4-6,8-9,11-12,15,17-18,23,25H,3,7,10,13-14,16H2,1-2H3. The number of aromatic nitrogens is 2. The topological polar surface area (TPSA) is 67.2 Å². The lowest BCUT2D eigenvalue weighted by Crippen LogP contribution is -2.36. The number of fused-ring (bicyclic) bond motifs is 1. The SMILES string of the molecule is CCN(C(Cc1ccccc1)c1ccc2c(c1)CNCCC2)S(=O)(=O)c1cn(C)cn1.